The van der Waals surface area contributed by atoms with Crippen molar-refractivity contribution < 1.29 is 33.5 Å². The van der Waals surface area contributed by atoms with Gasteiger partial charge in [0.15, 0.2) is 15.1 Å². The zero-order valence-electron chi connectivity index (χ0n) is 28.0. The fourth-order valence-corrected chi connectivity index (χ4v) is 5.06. The Morgan fingerprint density at radius 2 is 1.56 bits per heavy atom. The van der Waals surface area contributed by atoms with Gasteiger partial charge in [0.1, 0.15) is 23.6 Å². The maximum Gasteiger partial charge on any atom is 0.167 e. The minimum Gasteiger partial charge on any atom is -0.489 e. The van der Waals surface area contributed by atoms with Gasteiger partial charge in [0.25, 0.3) is 0 Å². The number of methoxy groups -OCH3 is 1. The monoisotopic (exact) mass is 692 g/mol. The van der Waals surface area contributed by atoms with E-state index in [0.717, 1.165) is 5.57 Å². The van der Waals surface area contributed by atoms with Crippen molar-refractivity contribution in [1.82, 2.24) is 0 Å². The van der Waals surface area contributed by atoms with E-state index in [1.165, 1.54) is 0 Å². The number of ether oxygens (including phenoxy) is 6. The van der Waals surface area contributed by atoms with Gasteiger partial charge in [0, 0.05) is 19.4 Å². The molecule has 0 fully saturated rings. The molecular formula is C33H57IO7. The van der Waals surface area contributed by atoms with E-state index in [0.29, 0.717) is 36.7 Å². The van der Waals surface area contributed by atoms with Gasteiger partial charge in [-0.25, -0.2) is 0 Å². The van der Waals surface area contributed by atoms with Crippen LogP contribution in [0.15, 0.2) is 35.0 Å². The van der Waals surface area contributed by atoms with Crippen LogP contribution in [0.25, 0.3) is 0 Å². The fourth-order valence-electron chi connectivity index (χ4n) is 4.80. The molecule has 0 aromatic rings. The number of aliphatic hydroxyl groups is 1. The summed E-state index contributed by atoms with van der Waals surface area (Å²) >= 11 is 2.27. The molecule has 0 amide bonds. The third kappa shape index (κ3) is 12.4. The van der Waals surface area contributed by atoms with E-state index >= 15 is 0 Å². The molecule has 1 N–H and O–H groups in total. The molecule has 0 saturated heterocycles. The van der Waals surface area contributed by atoms with Gasteiger partial charge in [-0.15, -0.1) is 0 Å². The van der Waals surface area contributed by atoms with E-state index in [4.69, 9.17) is 28.4 Å². The first-order valence-electron chi connectivity index (χ1n) is 14.9. The van der Waals surface area contributed by atoms with Crippen LogP contribution < -0.4 is 0 Å². The van der Waals surface area contributed by atoms with Crippen LogP contribution in [0, 0.1) is 11.3 Å². The van der Waals surface area contributed by atoms with E-state index in [9.17, 15) is 5.11 Å². The highest BCUT2D eigenvalue weighted by molar-refractivity contribution is 14.1. The first-order chi connectivity index (χ1) is 18.5. The Labute approximate surface area is 263 Å². The van der Waals surface area contributed by atoms with Gasteiger partial charge in [0.2, 0.25) is 0 Å². The number of allylic oxidation sites excluding steroid dienone is 1. The highest BCUT2D eigenvalue weighted by Crippen LogP contribution is 2.40. The number of alkyl halides is 1. The molecule has 0 aromatic carbocycles. The maximum absolute atomic E-state index is 11.9. The summed E-state index contributed by atoms with van der Waals surface area (Å²) in [5.41, 5.74) is -0.0637. The molecule has 8 heteroatoms. The minimum atomic E-state index is -0.806. The van der Waals surface area contributed by atoms with Gasteiger partial charge >= 0.3 is 0 Å². The van der Waals surface area contributed by atoms with Gasteiger partial charge < -0.3 is 33.5 Å². The molecule has 0 heterocycles. The maximum atomic E-state index is 11.9. The summed E-state index contributed by atoms with van der Waals surface area (Å²) in [5, 5.41) is 11.9. The topological polar surface area (TPSA) is 75.6 Å². The van der Waals surface area contributed by atoms with Crippen LogP contribution in [-0.2, 0) is 28.4 Å². The van der Waals surface area contributed by atoms with Crippen LogP contribution in [0.4, 0.5) is 0 Å². The smallest absolute Gasteiger partial charge is 0.167 e. The molecule has 238 valence electrons. The lowest BCUT2D eigenvalue weighted by molar-refractivity contribution is -0.138. The van der Waals surface area contributed by atoms with Crippen molar-refractivity contribution in [1.29, 1.82) is 0 Å². The van der Waals surface area contributed by atoms with Crippen molar-refractivity contribution >= 4 is 22.6 Å². The van der Waals surface area contributed by atoms with Gasteiger partial charge in [-0.2, -0.15) is 0 Å². The Morgan fingerprint density at radius 3 is 2.02 bits per heavy atom. The molecule has 5 atom stereocenters. The predicted molar refractivity (Wildman–Crippen MR) is 173 cm³/mol. The molecule has 0 spiro atoms. The van der Waals surface area contributed by atoms with Crippen molar-refractivity contribution in [3.05, 3.63) is 35.0 Å². The van der Waals surface area contributed by atoms with Crippen molar-refractivity contribution in [2.45, 2.75) is 148 Å². The third-order valence-corrected chi connectivity index (χ3v) is 6.42. The lowest BCUT2D eigenvalue weighted by atomic mass is 9.81. The Morgan fingerprint density at radius 1 is 0.951 bits per heavy atom. The van der Waals surface area contributed by atoms with Crippen molar-refractivity contribution in [3.63, 3.8) is 0 Å². The van der Waals surface area contributed by atoms with Gasteiger partial charge in [-0.05, 0) is 121 Å². The fraction of sp³-hybridized carbons (Fsp3) is 0.818. The minimum absolute atomic E-state index is 0.0354. The largest absolute Gasteiger partial charge is 0.489 e. The molecule has 4 unspecified atom stereocenters. The van der Waals surface area contributed by atoms with Gasteiger partial charge in [-0.3, -0.25) is 0 Å². The molecule has 7 nitrogen and oxygen atoms in total. The summed E-state index contributed by atoms with van der Waals surface area (Å²) in [4.78, 5) is 0. The second-order valence-electron chi connectivity index (χ2n) is 15.2. The summed E-state index contributed by atoms with van der Waals surface area (Å²) in [7, 11) is 1.69. The normalized spacial score (nSPS) is 25.6. The molecular weight excluding hydrogens is 635 g/mol. The number of hydrogen-bond donors (Lipinski definition) is 1. The zero-order chi connectivity index (χ0) is 31.6. The average molecular weight is 693 g/mol. The molecule has 2 aliphatic carbocycles. The summed E-state index contributed by atoms with van der Waals surface area (Å²) in [6.45, 7) is 27.1. The first-order valence-corrected chi connectivity index (χ1v) is 16.0. The zero-order valence-corrected chi connectivity index (χ0v) is 30.2. The second kappa shape index (κ2) is 13.9. The molecule has 2 rings (SSSR count). The summed E-state index contributed by atoms with van der Waals surface area (Å²) in [6.07, 6.45) is 3.13. The quantitative estimate of drug-likeness (QED) is 0.175. The van der Waals surface area contributed by atoms with Crippen molar-refractivity contribution in [2.24, 2.45) is 11.3 Å². The van der Waals surface area contributed by atoms with E-state index in [1.54, 1.807) is 7.11 Å². The first kappa shape index (κ1) is 36.4. The van der Waals surface area contributed by atoms with Crippen LogP contribution in [0.2, 0.25) is 0 Å². The van der Waals surface area contributed by atoms with E-state index in [-0.39, 0.29) is 35.7 Å². The van der Waals surface area contributed by atoms with Crippen molar-refractivity contribution in [2.75, 3.05) is 13.7 Å². The molecule has 2 aliphatic rings. The summed E-state index contributed by atoms with van der Waals surface area (Å²) in [6, 6.07) is 0. The average Bonchev–Trinajstić information content (AvgIpc) is 2.76. The third-order valence-electron chi connectivity index (χ3n) is 6.20. The highest BCUT2D eigenvalue weighted by atomic mass is 127. The van der Waals surface area contributed by atoms with Crippen LogP contribution in [0.3, 0.4) is 0 Å². The number of halogens is 1. The standard InChI is InChI=1S/C33H57IO7/c1-20(2)38-28-24(37-19-30(3,4)5)16-22(17-25(28)39-31(6,7)8)27(35)21-15-23(36-14)29(41-32(9,10)11)26(18-21)40-33(12,13)34/h17-18,20-21,23-24,27,29,35H,15-16,19H2,1-14H3/t21-,23?,24?,27?,29?/m0/s1. The van der Waals surface area contributed by atoms with Crippen LogP contribution >= 0.6 is 22.6 Å². The summed E-state index contributed by atoms with van der Waals surface area (Å²) in [5.74, 6) is 1.71. The van der Waals surface area contributed by atoms with Crippen LogP contribution in [0.5, 0.6) is 0 Å². The van der Waals surface area contributed by atoms with Crippen LogP contribution in [0.1, 0.15) is 103 Å². The van der Waals surface area contributed by atoms with E-state index in [1.807, 2.05) is 81.4 Å². The Balaban J connectivity index is 2.57. The molecule has 0 bridgehead atoms. The lowest BCUT2D eigenvalue weighted by Gasteiger charge is -2.41. The molecule has 0 aromatic heterocycles. The molecule has 0 aliphatic heterocycles. The van der Waals surface area contributed by atoms with Gasteiger partial charge in [0.05, 0.1) is 30.5 Å². The SMILES string of the molecule is COC1C[C@H](C(O)C2=CC(OC(C)(C)C)=C(OC(C)C)C(OCC(C)(C)C)C2)C=C(OC(C)(C)I)C1OC(C)(C)C. The highest BCUT2D eigenvalue weighted by Gasteiger charge is 2.42. The summed E-state index contributed by atoms with van der Waals surface area (Å²) < 4.78 is 37.5. The van der Waals surface area contributed by atoms with Crippen LogP contribution in [-0.4, -0.2) is 64.2 Å². The number of aliphatic hydroxyl groups excluding tert-OH is 1. The van der Waals surface area contributed by atoms with E-state index in [2.05, 4.69) is 43.4 Å². The molecule has 0 saturated carbocycles. The van der Waals surface area contributed by atoms with Crippen molar-refractivity contribution in [3.8, 4) is 0 Å². The molecule has 41 heavy (non-hydrogen) atoms. The lowest BCUT2D eigenvalue weighted by Crippen LogP contribution is -2.46. The Bertz CT molecular complexity index is 954. The Kier molecular flexibility index (Phi) is 12.3. The predicted octanol–water partition coefficient (Wildman–Crippen LogP) is 7.85. The number of hydrogen-bond acceptors (Lipinski definition) is 7. The molecule has 0 radical (unpaired) electrons. The van der Waals surface area contributed by atoms with Gasteiger partial charge in [-0.1, -0.05) is 20.8 Å². The number of rotatable bonds is 11. The Hall–Kier alpha value is -0.810. The van der Waals surface area contributed by atoms with E-state index < -0.39 is 20.9 Å². The second-order valence-corrected chi connectivity index (χ2v) is 17.8.